The highest BCUT2D eigenvalue weighted by Crippen LogP contribution is 2.40. The number of halogens is 1. The van der Waals surface area contributed by atoms with E-state index >= 15 is 0 Å². The molecule has 4 aromatic rings. The Hall–Kier alpha value is -3.71. The first-order valence-electron chi connectivity index (χ1n) is 10.7. The van der Waals surface area contributed by atoms with Crippen molar-refractivity contribution in [3.63, 3.8) is 0 Å². The number of imide groups is 1. The van der Waals surface area contributed by atoms with Crippen molar-refractivity contribution in [2.75, 3.05) is 13.6 Å². The lowest BCUT2D eigenvalue weighted by Gasteiger charge is -2.24. The number of hydrogen-bond donors (Lipinski definition) is 3. The number of carbonyl (C=O) groups is 2. The topological polar surface area (TPSA) is 78.9 Å². The van der Waals surface area contributed by atoms with Gasteiger partial charge in [0.25, 0.3) is 11.8 Å². The van der Waals surface area contributed by atoms with E-state index < -0.39 is 11.8 Å². The summed E-state index contributed by atoms with van der Waals surface area (Å²) >= 11 is 0. The second-order valence-electron chi connectivity index (χ2n) is 8.56. The number of rotatable bonds is 4. The van der Waals surface area contributed by atoms with Gasteiger partial charge >= 0.3 is 0 Å². The van der Waals surface area contributed by atoms with Gasteiger partial charge in [0, 0.05) is 46.4 Å². The predicted molar refractivity (Wildman–Crippen MR) is 121 cm³/mol. The summed E-state index contributed by atoms with van der Waals surface area (Å²) in [6.45, 7) is 1.75. The summed E-state index contributed by atoms with van der Waals surface area (Å²) in [5.74, 6) is -0.751. The van der Waals surface area contributed by atoms with Crippen LogP contribution in [0.2, 0.25) is 0 Å². The molecular formula is C25H21FN4O2. The molecule has 6 nitrogen and oxygen atoms in total. The summed E-state index contributed by atoms with van der Waals surface area (Å²) in [6.07, 6.45) is 4.63. The number of nitrogens with one attached hydrogen (secondary N) is 3. The molecule has 6 rings (SSSR count). The molecule has 7 heteroatoms. The van der Waals surface area contributed by atoms with E-state index in [1.54, 1.807) is 12.3 Å². The lowest BCUT2D eigenvalue weighted by Crippen LogP contribution is -2.27. The molecule has 1 unspecified atom stereocenters. The average molecular weight is 428 g/mol. The highest BCUT2D eigenvalue weighted by molar-refractivity contribution is 6.50. The number of aromatic amines is 1. The largest absolute Gasteiger partial charge is 0.360 e. The Kier molecular flexibility index (Phi) is 4.10. The highest BCUT2D eigenvalue weighted by atomic mass is 19.1. The number of fused-ring (bicyclic) bond motifs is 1. The molecule has 3 N–H and O–H groups in total. The van der Waals surface area contributed by atoms with E-state index in [9.17, 15) is 14.0 Å². The van der Waals surface area contributed by atoms with E-state index in [1.165, 1.54) is 17.7 Å². The lowest BCUT2D eigenvalue weighted by atomic mass is 9.92. The molecule has 2 aliphatic heterocycles. The molecular weight excluding hydrogens is 407 g/mol. The highest BCUT2D eigenvalue weighted by Gasteiger charge is 2.36. The van der Waals surface area contributed by atoms with Gasteiger partial charge in [-0.1, -0.05) is 18.2 Å². The third kappa shape index (κ3) is 2.67. The minimum absolute atomic E-state index is 0.323. The molecule has 1 atom stereocenters. The molecule has 0 aliphatic carbocycles. The van der Waals surface area contributed by atoms with Crippen molar-refractivity contribution in [1.29, 1.82) is 0 Å². The van der Waals surface area contributed by atoms with Gasteiger partial charge in [0.1, 0.15) is 5.82 Å². The molecule has 4 heterocycles. The summed E-state index contributed by atoms with van der Waals surface area (Å²) in [6, 6.07) is 10.5. The molecule has 0 bridgehead atoms. The van der Waals surface area contributed by atoms with Crippen LogP contribution in [0.25, 0.3) is 33.0 Å². The molecule has 2 amide bonds. The van der Waals surface area contributed by atoms with Crippen molar-refractivity contribution in [3.05, 3.63) is 71.3 Å². The summed E-state index contributed by atoms with van der Waals surface area (Å²) in [4.78, 5) is 29.0. The van der Waals surface area contributed by atoms with Crippen molar-refractivity contribution in [3.8, 4) is 0 Å². The number of amides is 2. The molecule has 0 saturated carbocycles. The van der Waals surface area contributed by atoms with Gasteiger partial charge in [0.2, 0.25) is 0 Å². The monoisotopic (exact) mass is 428 g/mol. The Morgan fingerprint density at radius 2 is 1.91 bits per heavy atom. The van der Waals surface area contributed by atoms with E-state index in [2.05, 4.69) is 26.3 Å². The standard InChI is InChI=1S/C25H21FN4O2/c1-27-9-13-7-14-3-2-4-17-19(12-30(11-13)23(14)17)22-21(24(31)29-25(22)32)18-10-28-20-8-15(26)5-6-16(18)20/h2-6,8,10,12-13,27-28H,7,9,11H2,1H3,(H,29,31,32). The maximum atomic E-state index is 13.7. The van der Waals surface area contributed by atoms with Crippen molar-refractivity contribution < 1.29 is 14.0 Å². The fraction of sp³-hybridized carbons (Fsp3) is 0.200. The summed E-state index contributed by atoms with van der Waals surface area (Å²) in [5.41, 5.74) is 4.98. The Morgan fingerprint density at radius 1 is 1.09 bits per heavy atom. The van der Waals surface area contributed by atoms with Crippen LogP contribution in [-0.4, -0.2) is 35.0 Å². The van der Waals surface area contributed by atoms with E-state index in [0.29, 0.717) is 33.5 Å². The lowest BCUT2D eigenvalue weighted by molar-refractivity contribution is -0.122. The zero-order valence-corrected chi connectivity index (χ0v) is 17.5. The number of carbonyl (C=O) groups excluding carboxylic acids is 2. The predicted octanol–water partition coefficient (Wildman–Crippen LogP) is 3.22. The van der Waals surface area contributed by atoms with Crippen LogP contribution in [0.5, 0.6) is 0 Å². The van der Waals surface area contributed by atoms with Crippen LogP contribution >= 0.6 is 0 Å². The molecule has 2 aromatic heterocycles. The molecule has 0 spiro atoms. The first kappa shape index (κ1) is 19.0. The molecule has 32 heavy (non-hydrogen) atoms. The van der Waals surface area contributed by atoms with Gasteiger partial charge in [-0.3, -0.25) is 14.9 Å². The number of benzene rings is 2. The first-order valence-corrected chi connectivity index (χ1v) is 10.7. The zero-order chi connectivity index (χ0) is 22.0. The normalized spacial score (nSPS) is 18.2. The fourth-order valence-electron chi connectivity index (χ4n) is 5.30. The average Bonchev–Trinajstić information content (AvgIpc) is 3.42. The molecule has 0 radical (unpaired) electrons. The number of para-hydroxylation sites is 1. The molecule has 2 aliphatic rings. The summed E-state index contributed by atoms with van der Waals surface area (Å²) < 4.78 is 15.9. The van der Waals surface area contributed by atoms with Crippen LogP contribution < -0.4 is 10.6 Å². The van der Waals surface area contributed by atoms with Crippen LogP contribution in [-0.2, 0) is 22.6 Å². The maximum Gasteiger partial charge on any atom is 0.259 e. The van der Waals surface area contributed by atoms with Gasteiger partial charge in [0.15, 0.2) is 0 Å². The van der Waals surface area contributed by atoms with Gasteiger partial charge in [-0.2, -0.15) is 0 Å². The molecule has 0 fully saturated rings. The van der Waals surface area contributed by atoms with E-state index in [0.717, 1.165) is 36.0 Å². The summed E-state index contributed by atoms with van der Waals surface area (Å²) in [5, 5.41) is 7.40. The van der Waals surface area contributed by atoms with Gasteiger partial charge in [-0.25, -0.2) is 4.39 Å². The Labute approximate surface area is 183 Å². The molecule has 160 valence electrons. The van der Waals surface area contributed by atoms with Crippen LogP contribution in [0.15, 0.2) is 48.8 Å². The third-order valence-corrected chi connectivity index (χ3v) is 6.55. The Balaban J connectivity index is 1.60. The second-order valence-corrected chi connectivity index (χ2v) is 8.56. The van der Waals surface area contributed by atoms with Gasteiger partial charge in [-0.05, 0) is 49.7 Å². The van der Waals surface area contributed by atoms with Crippen molar-refractivity contribution in [1.82, 2.24) is 20.2 Å². The van der Waals surface area contributed by atoms with Crippen molar-refractivity contribution in [2.24, 2.45) is 5.92 Å². The summed E-state index contributed by atoms with van der Waals surface area (Å²) in [7, 11) is 1.95. The van der Waals surface area contributed by atoms with E-state index in [-0.39, 0.29) is 5.82 Å². The fourth-order valence-corrected chi connectivity index (χ4v) is 5.30. The van der Waals surface area contributed by atoms with E-state index in [1.807, 2.05) is 25.4 Å². The smallest absolute Gasteiger partial charge is 0.259 e. The second kappa shape index (κ2) is 6.90. The minimum Gasteiger partial charge on any atom is -0.360 e. The Morgan fingerprint density at radius 3 is 2.72 bits per heavy atom. The number of hydrogen-bond acceptors (Lipinski definition) is 3. The molecule has 2 aromatic carbocycles. The first-order chi connectivity index (χ1) is 15.5. The van der Waals surface area contributed by atoms with Crippen molar-refractivity contribution in [2.45, 2.75) is 13.0 Å². The van der Waals surface area contributed by atoms with Crippen molar-refractivity contribution >= 4 is 44.8 Å². The van der Waals surface area contributed by atoms with E-state index in [4.69, 9.17) is 0 Å². The number of nitrogens with zero attached hydrogens (tertiary/aromatic N) is 1. The van der Waals surface area contributed by atoms with Gasteiger partial charge < -0.3 is 14.9 Å². The SMILES string of the molecule is CNCC1Cc2cccc3c(C4=C(c5c[nH]c6cc(F)ccc56)C(=O)NC4=O)cn(c23)C1. The minimum atomic E-state index is -0.435. The van der Waals surface area contributed by atoms with Gasteiger partial charge in [0.05, 0.1) is 16.7 Å². The zero-order valence-electron chi connectivity index (χ0n) is 17.5. The van der Waals surface area contributed by atoms with Gasteiger partial charge in [-0.15, -0.1) is 0 Å². The Bertz CT molecular complexity index is 1480. The van der Waals surface area contributed by atoms with Crippen LogP contribution in [0, 0.1) is 11.7 Å². The number of H-pyrrole nitrogens is 1. The maximum absolute atomic E-state index is 13.7. The number of aromatic nitrogens is 2. The molecule has 0 saturated heterocycles. The van der Waals surface area contributed by atoms with Crippen LogP contribution in [0.3, 0.4) is 0 Å². The third-order valence-electron chi connectivity index (χ3n) is 6.55. The van der Waals surface area contributed by atoms with Crippen LogP contribution in [0.4, 0.5) is 4.39 Å². The quantitative estimate of drug-likeness (QED) is 0.437. The van der Waals surface area contributed by atoms with Crippen LogP contribution in [0.1, 0.15) is 16.7 Å².